The average Bonchev–Trinajstić information content (AvgIpc) is 2.43. The van der Waals surface area contributed by atoms with Crippen molar-refractivity contribution in [1.82, 2.24) is 0 Å². The third-order valence-corrected chi connectivity index (χ3v) is 3.81. The van der Waals surface area contributed by atoms with Gasteiger partial charge in [0.25, 0.3) is 0 Å². The Bertz CT molecular complexity index is 380. The fraction of sp³-hybridized carbons (Fsp3) is 0.600. The summed E-state index contributed by atoms with van der Waals surface area (Å²) in [5.41, 5.74) is 1.86. The quantitative estimate of drug-likeness (QED) is 0.794. The number of aliphatic hydroxyl groups is 1. The van der Waals surface area contributed by atoms with Crippen LogP contribution < -0.4 is 4.90 Å². The number of methoxy groups -OCH3 is 1. The highest BCUT2D eigenvalue weighted by molar-refractivity contribution is 6.31. The second-order valence-corrected chi connectivity index (χ2v) is 5.00. The van der Waals surface area contributed by atoms with Crippen molar-refractivity contribution in [1.29, 1.82) is 0 Å². The summed E-state index contributed by atoms with van der Waals surface area (Å²) in [6, 6.07) is 6.32. The molecular formula is C15H24ClNO2. The number of halogens is 1. The molecule has 1 aromatic rings. The van der Waals surface area contributed by atoms with Crippen molar-refractivity contribution in [2.45, 2.75) is 39.3 Å². The largest absolute Gasteiger partial charge is 0.392 e. The molecule has 0 atom stereocenters. The van der Waals surface area contributed by atoms with Gasteiger partial charge in [0.15, 0.2) is 0 Å². The molecular weight excluding hydrogens is 262 g/mol. The van der Waals surface area contributed by atoms with E-state index in [0.717, 1.165) is 30.6 Å². The molecule has 4 heteroatoms. The number of hydrogen-bond acceptors (Lipinski definition) is 3. The van der Waals surface area contributed by atoms with Gasteiger partial charge < -0.3 is 14.7 Å². The first-order valence-corrected chi connectivity index (χ1v) is 7.20. The minimum atomic E-state index is -0.0256. The zero-order chi connectivity index (χ0) is 14.3. The number of benzene rings is 1. The molecule has 0 saturated heterocycles. The van der Waals surface area contributed by atoms with Gasteiger partial charge >= 0.3 is 0 Å². The van der Waals surface area contributed by atoms with Crippen molar-refractivity contribution < 1.29 is 9.84 Å². The molecule has 0 aliphatic carbocycles. The van der Waals surface area contributed by atoms with Crippen LogP contribution in [0.1, 0.15) is 32.3 Å². The maximum atomic E-state index is 9.17. The fourth-order valence-corrected chi connectivity index (χ4v) is 2.52. The number of anilines is 1. The van der Waals surface area contributed by atoms with E-state index in [0.29, 0.717) is 17.7 Å². The Hall–Kier alpha value is -0.770. The van der Waals surface area contributed by atoms with Gasteiger partial charge in [-0.2, -0.15) is 0 Å². The van der Waals surface area contributed by atoms with Crippen molar-refractivity contribution in [3.8, 4) is 0 Å². The smallest absolute Gasteiger partial charge is 0.0696 e. The minimum Gasteiger partial charge on any atom is -0.392 e. The predicted octanol–water partition coefficient (Wildman–Crippen LogP) is 3.47. The van der Waals surface area contributed by atoms with Gasteiger partial charge in [0.05, 0.1) is 13.2 Å². The monoisotopic (exact) mass is 285 g/mol. The first kappa shape index (κ1) is 16.3. The van der Waals surface area contributed by atoms with Gasteiger partial charge in [-0.15, -0.1) is 0 Å². The number of hydrogen-bond donors (Lipinski definition) is 1. The first-order chi connectivity index (χ1) is 9.17. The van der Waals surface area contributed by atoms with E-state index in [1.54, 1.807) is 7.11 Å². The molecule has 0 aliphatic heterocycles. The molecule has 0 amide bonds. The summed E-state index contributed by atoms with van der Waals surface area (Å²) in [5, 5.41) is 9.79. The second-order valence-electron chi connectivity index (χ2n) is 4.59. The summed E-state index contributed by atoms with van der Waals surface area (Å²) in [4.78, 5) is 2.33. The van der Waals surface area contributed by atoms with Crippen LogP contribution in [0, 0.1) is 0 Å². The number of rotatable bonds is 8. The van der Waals surface area contributed by atoms with Crippen molar-refractivity contribution in [2.75, 3.05) is 25.2 Å². The van der Waals surface area contributed by atoms with Crippen LogP contribution in [0.5, 0.6) is 0 Å². The molecule has 19 heavy (non-hydrogen) atoms. The topological polar surface area (TPSA) is 32.7 Å². The molecule has 0 fully saturated rings. The van der Waals surface area contributed by atoms with E-state index < -0.39 is 0 Å². The molecule has 0 saturated carbocycles. The zero-order valence-electron chi connectivity index (χ0n) is 12.0. The van der Waals surface area contributed by atoms with Gasteiger partial charge in [-0.05, 0) is 30.5 Å². The highest BCUT2D eigenvalue weighted by Crippen LogP contribution is 2.26. The second kappa shape index (κ2) is 8.41. The Balaban J connectivity index is 2.98. The number of nitrogens with zero attached hydrogens (tertiary/aromatic N) is 1. The van der Waals surface area contributed by atoms with Crippen LogP contribution in [0.25, 0.3) is 0 Å². The lowest BCUT2D eigenvalue weighted by atomic mass is 10.1. The van der Waals surface area contributed by atoms with Crippen LogP contribution in [-0.4, -0.2) is 31.4 Å². The minimum absolute atomic E-state index is 0.0256. The van der Waals surface area contributed by atoms with E-state index in [1.807, 2.05) is 18.2 Å². The maximum Gasteiger partial charge on any atom is 0.0696 e. The third-order valence-electron chi connectivity index (χ3n) is 3.46. The van der Waals surface area contributed by atoms with Crippen LogP contribution >= 0.6 is 11.6 Å². The Morgan fingerprint density at radius 2 is 2.00 bits per heavy atom. The summed E-state index contributed by atoms with van der Waals surface area (Å²) < 4.78 is 5.19. The molecule has 1 aromatic carbocycles. The first-order valence-electron chi connectivity index (χ1n) is 6.82. The lowest BCUT2D eigenvalue weighted by Gasteiger charge is -2.32. The molecule has 0 bridgehead atoms. The van der Waals surface area contributed by atoms with Gasteiger partial charge in [0.2, 0.25) is 0 Å². The van der Waals surface area contributed by atoms with Gasteiger partial charge in [-0.25, -0.2) is 0 Å². The molecule has 1 N–H and O–H groups in total. The molecule has 1 rings (SSSR count). The van der Waals surface area contributed by atoms with E-state index in [9.17, 15) is 5.11 Å². The van der Waals surface area contributed by atoms with Gasteiger partial charge in [0, 0.05) is 30.4 Å². The number of ether oxygens (including phenoxy) is 1. The van der Waals surface area contributed by atoms with Gasteiger partial charge in [-0.3, -0.25) is 0 Å². The summed E-state index contributed by atoms with van der Waals surface area (Å²) in [6.07, 6.45) is 2.17. The third kappa shape index (κ3) is 4.37. The number of aliphatic hydroxyl groups excluding tert-OH is 1. The molecule has 0 aromatic heterocycles. The lowest BCUT2D eigenvalue weighted by molar-refractivity contribution is 0.202. The average molecular weight is 286 g/mol. The van der Waals surface area contributed by atoms with E-state index in [4.69, 9.17) is 16.3 Å². The van der Waals surface area contributed by atoms with E-state index in [1.165, 1.54) is 0 Å². The summed E-state index contributed by atoms with van der Waals surface area (Å²) in [6.45, 7) is 5.89. The summed E-state index contributed by atoms with van der Waals surface area (Å²) in [5.74, 6) is 0. The van der Waals surface area contributed by atoms with Crippen molar-refractivity contribution >= 4 is 17.3 Å². The standard InChI is InChI=1S/C15H24ClNO2/c1-4-13(5-2)17(8-9-19-3)14-7-6-12(11-18)15(16)10-14/h6-7,10,13,18H,4-5,8-9,11H2,1-3H3. The van der Waals surface area contributed by atoms with Gasteiger partial charge in [-0.1, -0.05) is 31.5 Å². The van der Waals surface area contributed by atoms with Crippen LogP contribution in [0.15, 0.2) is 18.2 Å². The van der Waals surface area contributed by atoms with E-state index in [-0.39, 0.29) is 6.61 Å². The molecule has 0 spiro atoms. The molecule has 3 nitrogen and oxygen atoms in total. The fourth-order valence-electron chi connectivity index (χ4n) is 2.28. The van der Waals surface area contributed by atoms with E-state index >= 15 is 0 Å². The zero-order valence-corrected chi connectivity index (χ0v) is 12.8. The van der Waals surface area contributed by atoms with Crippen LogP contribution in [0.4, 0.5) is 5.69 Å². The Morgan fingerprint density at radius 1 is 1.32 bits per heavy atom. The van der Waals surface area contributed by atoms with Gasteiger partial charge in [0.1, 0.15) is 0 Å². The molecule has 0 radical (unpaired) electrons. The Labute approximate surface area is 121 Å². The molecule has 0 aliphatic rings. The van der Waals surface area contributed by atoms with E-state index in [2.05, 4.69) is 18.7 Å². The van der Waals surface area contributed by atoms with Crippen molar-refractivity contribution in [3.63, 3.8) is 0 Å². The molecule has 0 unspecified atom stereocenters. The Morgan fingerprint density at radius 3 is 2.47 bits per heavy atom. The summed E-state index contributed by atoms with van der Waals surface area (Å²) in [7, 11) is 1.72. The van der Waals surface area contributed by atoms with Crippen LogP contribution in [0.3, 0.4) is 0 Å². The van der Waals surface area contributed by atoms with Crippen molar-refractivity contribution in [3.05, 3.63) is 28.8 Å². The molecule has 108 valence electrons. The maximum absolute atomic E-state index is 9.17. The highest BCUT2D eigenvalue weighted by Gasteiger charge is 2.16. The van der Waals surface area contributed by atoms with Crippen LogP contribution in [0.2, 0.25) is 5.02 Å². The normalized spacial score (nSPS) is 11.1. The molecule has 0 heterocycles. The highest BCUT2D eigenvalue weighted by atomic mass is 35.5. The summed E-state index contributed by atoms with van der Waals surface area (Å²) >= 11 is 6.18. The van der Waals surface area contributed by atoms with Crippen molar-refractivity contribution in [2.24, 2.45) is 0 Å². The Kier molecular flexibility index (Phi) is 7.21. The lowest BCUT2D eigenvalue weighted by Crippen LogP contribution is -2.37. The predicted molar refractivity (Wildman–Crippen MR) is 81.0 cm³/mol. The SMILES string of the molecule is CCC(CC)N(CCOC)c1ccc(CO)c(Cl)c1. The van der Waals surface area contributed by atoms with Crippen LogP contribution in [-0.2, 0) is 11.3 Å².